The first kappa shape index (κ1) is 28.0. The molecule has 10 atom stereocenters. The quantitative estimate of drug-likeness (QED) is 0.362. The second kappa shape index (κ2) is 11.0. The number of fused-ring (bicyclic) bond motifs is 5. The van der Waals surface area contributed by atoms with Crippen molar-refractivity contribution in [1.82, 2.24) is 0 Å². The molecule has 0 aliphatic heterocycles. The van der Waals surface area contributed by atoms with Crippen molar-refractivity contribution in [2.24, 2.45) is 57.7 Å². The van der Waals surface area contributed by atoms with E-state index >= 15 is 0 Å². The third kappa shape index (κ3) is 4.78. The minimum Gasteiger partial charge on any atom is -0.192 e. The summed E-state index contributed by atoms with van der Waals surface area (Å²) in [4.78, 5) is 0. The van der Waals surface area contributed by atoms with Gasteiger partial charge in [-0.15, -0.1) is 0 Å². The van der Waals surface area contributed by atoms with Gasteiger partial charge in [0.2, 0.25) is 0 Å². The van der Waals surface area contributed by atoms with Crippen LogP contribution in [-0.2, 0) is 0 Å². The van der Waals surface area contributed by atoms with Crippen LogP contribution in [0.2, 0.25) is 0 Å². The lowest BCUT2D eigenvalue weighted by Gasteiger charge is -2.60. The predicted molar refractivity (Wildman–Crippen MR) is 154 cm³/mol. The lowest BCUT2D eigenvalue weighted by atomic mass is 9.45. The summed E-state index contributed by atoms with van der Waals surface area (Å²) < 4.78 is 0. The molecule has 0 N–H and O–H groups in total. The maximum Gasteiger partial charge on any atom is 0.0988 e. The zero-order valence-corrected chi connectivity index (χ0v) is 24.9. The molecule has 4 saturated carbocycles. The number of unbranched alkanes of at least 4 members (excludes halogenated alkanes) is 1. The maximum absolute atomic E-state index is 9.27. The van der Waals surface area contributed by atoms with Crippen molar-refractivity contribution in [3.63, 3.8) is 0 Å². The molecule has 0 spiro atoms. The van der Waals surface area contributed by atoms with E-state index < -0.39 is 0 Å². The highest BCUT2D eigenvalue weighted by Gasteiger charge is 2.62. The number of nitriles is 1. The summed E-state index contributed by atoms with van der Waals surface area (Å²) in [5.74, 6) is 6.25. The summed E-state index contributed by atoms with van der Waals surface area (Å²) in [5, 5.41) is 9.27. The van der Waals surface area contributed by atoms with Gasteiger partial charge in [0.15, 0.2) is 0 Å². The van der Waals surface area contributed by atoms with E-state index in [0.29, 0.717) is 28.1 Å². The molecule has 1 heteroatoms. The van der Waals surface area contributed by atoms with Crippen molar-refractivity contribution in [3.8, 4) is 6.07 Å². The van der Waals surface area contributed by atoms with Gasteiger partial charge in [-0.2, -0.15) is 5.26 Å². The van der Waals surface area contributed by atoms with E-state index in [4.69, 9.17) is 0 Å². The molecule has 0 aromatic carbocycles. The molecule has 0 aromatic heterocycles. The lowest BCUT2D eigenvalue weighted by Crippen LogP contribution is -2.52. The van der Waals surface area contributed by atoms with Gasteiger partial charge in [0.1, 0.15) is 0 Å². The standard InChI is InChI=1S/C33H51N.C2H6/c1-6-7-15-31(3)16-12-27-26(21-31)10-11-29-28(27)13-17-33(5)30(29)14-18-32(33,4)23(2)19-24-8-9-25(20-24)22-34;1-2/h8-9,20,23-24,26-30H,6-7,10-19,21H2,1-5H3;1-2H3/t23-,24+,26+,27?,28-,29-,30+,31?,32?,33+;/m1./s1. The molecule has 0 bridgehead atoms. The van der Waals surface area contributed by atoms with E-state index in [1.807, 2.05) is 19.9 Å². The first-order valence-electron chi connectivity index (χ1n) is 16.0. The molecule has 0 amide bonds. The van der Waals surface area contributed by atoms with Gasteiger partial charge in [-0.25, -0.2) is 0 Å². The summed E-state index contributed by atoms with van der Waals surface area (Å²) >= 11 is 0. The number of allylic oxidation sites excluding steroid dienone is 4. The fourth-order valence-electron chi connectivity index (χ4n) is 10.6. The Morgan fingerprint density at radius 2 is 1.72 bits per heavy atom. The first-order chi connectivity index (χ1) is 17.2. The van der Waals surface area contributed by atoms with E-state index in [-0.39, 0.29) is 0 Å². The number of nitrogens with zero attached hydrogens (tertiary/aromatic N) is 1. The smallest absolute Gasteiger partial charge is 0.0988 e. The van der Waals surface area contributed by atoms with Crippen LogP contribution >= 0.6 is 0 Å². The number of rotatable bonds is 6. The van der Waals surface area contributed by atoms with Crippen LogP contribution in [0.25, 0.3) is 0 Å². The van der Waals surface area contributed by atoms with Gasteiger partial charge in [-0.05, 0) is 134 Å². The largest absolute Gasteiger partial charge is 0.192 e. The summed E-state index contributed by atoms with van der Waals surface area (Å²) in [6.45, 7) is 16.9. The highest BCUT2D eigenvalue weighted by Crippen LogP contribution is 2.70. The van der Waals surface area contributed by atoms with Crippen LogP contribution in [0.3, 0.4) is 0 Å². The van der Waals surface area contributed by atoms with Crippen LogP contribution in [-0.4, -0.2) is 0 Å². The molecule has 1 nitrogen and oxygen atoms in total. The Morgan fingerprint density at radius 3 is 2.42 bits per heavy atom. The molecular formula is C35H57N. The highest BCUT2D eigenvalue weighted by molar-refractivity contribution is 5.39. The molecule has 0 aromatic rings. The van der Waals surface area contributed by atoms with Crippen molar-refractivity contribution in [2.45, 2.75) is 132 Å². The van der Waals surface area contributed by atoms with E-state index in [1.54, 1.807) is 0 Å². The van der Waals surface area contributed by atoms with Crippen LogP contribution in [0, 0.1) is 69.0 Å². The van der Waals surface area contributed by atoms with Gasteiger partial charge in [0, 0.05) is 5.57 Å². The Bertz CT molecular complexity index is 860. The summed E-state index contributed by atoms with van der Waals surface area (Å²) in [6.07, 6.45) is 25.5. The molecule has 0 radical (unpaired) electrons. The van der Waals surface area contributed by atoms with Crippen molar-refractivity contribution < 1.29 is 0 Å². The van der Waals surface area contributed by atoms with Gasteiger partial charge in [-0.3, -0.25) is 0 Å². The molecule has 4 fully saturated rings. The molecule has 0 heterocycles. The zero-order valence-electron chi connectivity index (χ0n) is 24.9. The maximum atomic E-state index is 9.27. The highest BCUT2D eigenvalue weighted by atomic mass is 14.7. The van der Waals surface area contributed by atoms with Crippen LogP contribution in [0.15, 0.2) is 23.8 Å². The Kier molecular flexibility index (Phi) is 8.54. The van der Waals surface area contributed by atoms with Gasteiger partial charge < -0.3 is 0 Å². The molecule has 36 heavy (non-hydrogen) atoms. The third-order valence-electron chi connectivity index (χ3n) is 12.9. The van der Waals surface area contributed by atoms with Crippen molar-refractivity contribution >= 4 is 0 Å². The number of hydrogen-bond donors (Lipinski definition) is 0. The van der Waals surface area contributed by atoms with Crippen LogP contribution in [0.5, 0.6) is 0 Å². The summed E-state index contributed by atoms with van der Waals surface area (Å²) in [6, 6.07) is 2.34. The molecule has 3 unspecified atom stereocenters. The van der Waals surface area contributed by atoms with Crippen molar-refractivity contribution in [2.75, 3.05) is 0 Å². The SMILES string of the molecule is CC.CCCCC1(C)CCC2[C@@H](CC[C@@H]3[C@@H]2CC[C@@]2(C)[C@H]3CCC2(C)[C@H](C)C[C@@H]2C=CC(C#N)=C2)C1. The first-order valence-corrected chi connectivity index (χ1v) is 16.0. The predicted octanol–water partition coefficient (Wildman–Crippen LogP) is 10.5. The molecular weight excluding hydrogens is 434 g/mol. The van der Waals surface area contributed by atoms with Gasteiger partial charge >= 0.3 is 0 Å². The third-order valence-corrected chi connectivity index (χ3v) is 12.9. The number of hydrogen-bond acceptors (Lipinski definition) is 1. The minimum absolute atomic E-state index is 0.446. The zero-order chi connectivity index (χ0) is 26.1. The fraction of sp³-hybridized carbons (Fsp3) is 0.857. The Morgan fingerprint density at radius 1 is 0.972 bits per heavy atom. The van der Waals surface area contributed by atoms with E-state index in [9.17, 15) is 5.26 Å². The lowest BCUT2D eigenvalue weighted by molar-refractivity contribution is -0.107. The molecule has 5 aliphatic carbocycles. The molecule has 0 saturated heterocycles. The van der Waals surface area contributed by atoms with Crippen LogP contribution < -0.4 is 0 Å². The van der Waals surface area contributed by atoms with E-state index in [1.165, 1.54) is 83.5 Å². The second-order valence-electron chi connectivity index (χ2n) is 14.4. The second-order valence-corrected chi connectivity index (χ2v) is 14.4. The normalized spacial score (nSPS) is 45.9. The Labute approximate surface area is 224 Å². The van der Waals surface area contributed by atoms with Crippen LogP contribution in [0.4, 0.5) is 0 Å². The van der Waals surface area contributed by atoms with Crippen LogP contribution in [0.1, 0.15) is 132 Å². The van der Waals surface area contributed by atoms with Crippen molar-refractivity contribution in [1.29, 1.82) is 5.26 Å². The monoisotopic (exact) mass is 491 g/mol. The summed E-state index contributed by atoms with van der Waals surface area (Å²) in [5.41, 5.74) is 2.47. The topological polar surface area (TPSA) is 23.8 Å². The van der Waals surface area contributed by atoms with Gasteiger partial charge in [0.05, 0.1) is 6.07 Å². The molecule has 5 aliphatic rings. The molecule has 5 rings (SSSR count). The van der Waals surface area contributed by atoms with Gasteiger partial charge in [0.25, 0.3) is 0 Å². The minimum atomic E-state index is 0.446. The average molecular weight is 492 g/mol. The van der Waals surface area contributed by atoms with E-state index in [2.05, 4.69) is 52.8 Å². The molecule has 202 valence electrons. The van der Waals surface area contributed by atoms with Crippen molar-refractivity contribution in [3.05, 3.63) is 23.8 Å². The van der Waals surface area contributed by atoms with Gasteiger partial charge in [-0.1, -0.05) is 73.5 Å². The average Bonchev–Trinajstić information content (AvgIpc) is 3.45. The summed E-state index contributed by atoms with van der Waals surface area (Å²) in [7, 11) is 0. The Balaban J connectivity index is 0.00000148. The fourth-order valence-corrected chi connectivity index (χ4v) is 10.6. The van der Waals surface area contributed by atoms with E-state index in [0.717, 1.165) is 35.2 Å². The Hall–Kier alpha value is -1.03.